The van der Waals surface area contributed by atoms with E-state index in [-0.39, 0.29) is 0 Å². The van der Waals surface area contributed by atoms with Crippen LogP contribution in [-0.4, -0.2) is 54.1 Å². The van der Waals surface area contributed by atoms with Gasteiger partial charge in [-0.3, -0.25) is 4.90 Å². The van der Waals surface area contributed by atoms with E-state index in [0.29, 0.717) is 5.95 Å². The van der Waals surface area contributed by atoms with E-state index in [1.165, 1.54) is 24.0 Å². The molecule has 2 aromatic rings. The third kappa shape index (κ3) is 3.75. The number of aryl methyl sites for hydroxylation is 1. The molecular weight excluding hydrogens is 324 g/mol. The fraction of sp³-hybridized carbons (Fsp3) is 0.500. The van der Waals surface area contributed by atoms with Crippen LogP contribution in [0.5, 0.6) is 0 Å². The minimum Gasteiger partial charge on any atom is -0.368 e. The number of hydrogen-bond acceptors (Lipinski definition) is 6. The van der Waals surface area contributed by atoms with E-state index in [1.54, 1.807) is 0 Å². The lowest BCUT2D eigenvalue weighted by atomic mass is 10.1. The normalized spacial score (nSPS) is 18.5. The largest absolute Gasteiger partial charge is 0.368 e. The number of nitrogens with two attached hydrogens (primary N) is 1. The Morgan fingerprint density at radius 3 is 2.15 bits per heavy atom. The van der Waals surface area contributed by atoms with Crippen molar-refractivity contribution in [2.24, 2.45) is 0 Å². The molecule has 0 unspecified atom stereocenters. The van der Waals surface area contributed by atoms with Crippen LogP contribution < -0.4 is 15.5 Å². The highest BCUT2D eigenvalue weighted by Crippen LogP contribution is 2.24. The summed E-state index contributed by atoms with van der Waals surface area (Å²) >= 11 is 0. The molecule has 6 nitrogen and oxygen atoms in total. The van der Waals surface area contributed by atoms with E-state index in [1.807, 2.05) is 0 Å². The number of nitrogens with zero attached hydrogens (tertiary/aromatic N) is 5. The molecule has 0 aliphatic carbocycles. The molecule has 2 aliphatic heterocycles. The van der Waals surface area contributed by atoms with Gasteiger partial charge in [-0.1, -0.05) is 24.3 Å². The van der Waals surface area contributed by atoms with Crippen molar-refractivity contribution in [2.75, 3.05) is 54.8 Å². The van der Waals surface area contributed by atoms with Gasteiger partial charge in [-0.2, -0.15) is 9.97 Å². The maximum atomic E-state index is 5.99. The Labute approximate surface area is 155 Å². The summed E-state index contributed by atoms with van der Waals surface area (Å²) in [4.78, 5) is 16.1. The molecular formula is C20H28N6. The summed E-state index contributed by atoms with van der Waals surface area (Å²) in [6.07, 6.45) is 2.47. The molecule has 0 atom stereocenters. The molecule has 4 rings (SSSR count). The zero-order chi connectivity index (χ0) is 17.9. The highest BCUT2D eigenvalue weighted by atomic mass is 15.3. The predicted molar refractivity (Wildman–Crippen MR) is 107 cm³/mol. The van der Waals surface area contributed by atoms with Gasteiger partial charge in [0.1, 0.15) is 11.6 Å². The van der Waals surface area contributed by atoms with E-state index in [9.17, 15) is 0 Å². The number of rotatable bonds is 4. The lowest BCUT2D eigenvalue weighted by Gasteiger charge is -2.36. The van der Waals surface area contributed by atoms with E-state index < -0.39 is 0 Å². The molecule has 0 radical (unpaired) electrons. The molecule has 0 spiro atoms. The molecule has 2 N–H and O–H groups in total. The zero-order valence-corrected chi connectivity index (χ0v) is 15.6. The SMILES string of the molecule is Cc1ccccc1CN1CCN(c2cc(N3CCCC3)nc(N)n2)CC1. The second-order valence-corrected chi connectivity index (χ2v) is 7.33. The summed E-state index contributed by atoms with van der Waals surface area (Å²) in [5, 5.41) is 0. The van der Waals surface area contributed by atoms with Crippen LogP contribution in [0.1, 0.15) is 24.0 Å². The molecule has 2 fully saturated rings. The quantitative estimate of drug-likeness (QED) is 0.911. The highest BCUT2D eigenvalue weighted by molar-refractivity contribution is 5.54. The smallest absolute Gasteiger partial charge is 0.223 e. The number of piperazine rings is 1. The summed E-state index contributed by atoms with van der Waals surface area (Å²) < 4.78 is 0. The highest BCUT2D eigenvalue weighted by Gasteiger charge is 2.21. The van der Waals surface area contributed by atoms with Crippen molar-refractivity contribution < 1.29 is 0 Å². The first kappa shape index (κ1) is 17.1. The van der Waals surface area contributed by atoms with Crippen molar-refractivity contribution in [3.63, 3.8) is 0 Å². The predicted octanol–water partition coefficient (Wildman–Crippen LogP) is 2.29. The Bertz CT molecular complexity index is 748. The number of hydrogen-bond donors (Lipinski definition) is 1. The molecule has 0 bridgehead atoms. The monoisotopic (exact) mass is 352 g/mol. The van der Waals surface area contributed by atoms with Crippen molar-refractivity contribution in [3.8, 4) is 0 Å². The second kappa shape index (κ2) is 7.50. The maximum Gasteiger partial charge on any atom is 0.223 e. The Hall–Kier alpha value is -2.34. The molecule has 26 heavy (non-hydrogen) atoms. The molecule has 3 heterocycles. The number of anilines is 3. The molecule has 2 saturated heterocycles. The summed E-state index contributed by atoms with van der Waals surface area (Å²) in [6, 6.07) is 10.8. The Kier molecular flexibility index (Phi) is 4.93. The lowest BCUT2D eigenvalue weighted by molar-refractivity contribution is 0.249. The van der Waals surface area contributed by atoms with E-state index in [0.717, 1.165) is 57.4 Å². The van der Waals surface area contributed by atoms with Crippen molar-refractivity contribution >= 4 is 17.6 Å². The first-order valence-electron chi connectivity index (χ1n) is 9.60. The average molecular weight is 352 g/mol. The second-order valence-electron chi connectivity index (χ2n) is 7.33. The molecule has 1 aromatic heterocycles. The third-order valence-electron chi connectivity index (χ3n) is 5.50. The Balaban J connectivity index is 1.41. The van der Waals surface area contributed by atoms with Crippen molar-refractivity contribution in [1.82, 2.24) is 14.9 Å². The minimum absolute atomic E-state index is 0.381. The van der Waals surface area contributed by atoms with Crippen LogP contribution in [0.15, 0.2) is 30.3 Å². The van der Waals surface area contributed by atoms with Crippen LogP contribution in [0.4, 0.5) is 17.6 Å². The topological polar surface area (TPSA) is 61.5 Å². The van der Waals surface area contributed by atoms with Crippen LogP contribution >= 0.6 is 0 Å². The number of nitrogen functional groups attached to an aromatic ring is 1. The molecule has 6 heteroatoms. The van der Waals surface area contributed by atoms with Crippen molar-refractivity contribution in [3.05, 3.63) is 41.5 Å². The van der Waals surface area contributed by atoms with Gasteiger partial charge >= 0.3 is 0 Å². The molecule has 0 saturated carbocycles. The van der Waals surface area contributed by atoms with Crippen LogP contribution in [0.25, 0.3) is 0 Å². The fourth-order valence-electron chi connectivity index (χ4n) is 3.87. The van der Waals surface area contributed by atoms with Gasteiger partial charge in [0.15, 0.2) is 0 Å². The van der Waals surface area contributed by atoms with Gasteiger partial charge in [-0.05, 0) is 30.9 Å². The summed E-state index contributed by atoms with van der Waals surface area (Å²) in [6.45, 7) is 9.37. The average Bonchev–Trinajstić information content (AvgIpc) is 3.19. The van der Waals surface area contributed by atoms with Crippen LogP contribution in [-0.2, 0) is 6.54 Å². The standard InChI is InChI=1S/C20H28N6/c1-16-6-2-3-7-17(16)15-24-10-12-26(13-11-24)19-14-18(22-20(21)23-19)25-8-4-5-9-25/h2-3,6-7,14H,4-5,8-13,15H2,1H3,(H2,21,22,23). The summed E-state index contributed by atoms with van der Waals surface area (Å²) in [7, 11) is 0. The first-order valence-corrected chi connectivity index (χ1v) is 9.60. The lowest BCUT2D eigenvalue weighted by Crippen LogP contribution is -2.46. The molecule has 138 valence electrons. The van der Waals surface area contributed by atoms with Crippen molar-refractivity contribution in [2.45, 2.75) is 26.3 Å². The third-order valence-corrected chi connectivity index (χ3v) is 5.50. The van der Waals surface area contributed by atoms with Crippen LogP contribution in [0, 0.1) is 6.92 Å². The van der Waals surface area contributed by atoms with E-state index >= 15 is 0 Å². The molecule has 2 aliphatic rings. The van der Waals surface area contributed by atoms with Gasteiger partial charge < -0.3 is 15.5 Å². The van der Waals surface area contributed by atoms with E-state index in [2.05, 4.69) is 61.9 Å². The zero-order valence-electron chi connectivity index (χ0n) is 15.6. The van der Waals surface area contributed by atoms with Crippen LogP contribution in [0.2, 0.25) is 0 Å². The van der Waals surface area contributed by atoms with Gasteiger partial charge in [0.25, 0.3) is 0 Å². The summed E-state index contributed by atoms with van der Waals surface area (Å²) in [5.41, 5.74) is 8.78. The van der Waals surface area contributed by atoms with Crippen LogP contribution in [0.3, 0.4) is 0 Å². The molecule has 1 aromatic carbocycles. The fourth-order valence-corrected chi connectivity index (χ4v) is 3.87. The van der Waals surface area contributed by atoms with Crippen molar-refractivity contribution in [1.29, 1.82) is 0 Å². The number of aromatic nitrogens is 2. The maximum absolute atomic E-state index is 5.99. The Morgan fingerprint density at radius 1 is 0.885 bits per heavy atom. The van der Waals surface area contributed by atoms with Gasteiger partial charge in [0.05, 0.1) is 0 Å². The van der Waals surface area contributed by atoms with Gasteiger partial charge in [-0.25, -0.2) is 0 Å². The first-order chi connectivity index (χ1) is 12.7. The number of benzene rings is 1. The van der Waals surface area contributed by atoms with Gasteiger partial charge in [0.2, 0.25) is 5.95 Å². The Morgan fingerprint density at radius 2 is 1.50 bits per heavy atom. The van der Waals surface area contributed by atoms with Gasteiger partial charge in [-0.15, -0.1) is 0 Å². The molecule has 0 amide bonds. The minimum atomic E-state index is 0.381. The summed E-state index contributed by atoms with van der Waals surface area (Å²) in [5.74, 6) is 2.33. The van der Waals surface area contributed by atoms with Gasteiger partial charge in [0, 0.05) is 51.9 Å². The van der Waals surface area contributed by atoms with E-state index in [4.69, 9.17) is 5.73 Å².